The molecule has 0 spiro atoms. The third kappa shape index (κ3) is 5.46. The van der Waals surface area contributed by atoms with Gasteiger partial charge in [-0.1, -0.05) is 35.9 Å². The monoisotopic (exact) mass is 495 g/mol. The van der Waals surface area contributed by atoms with Crippen LogP contribution in [0.4, 0.5) is 11.5 Å². The lowest BCUT2D eigenvalue weighted by Crippen LogP contribution is -2.36. The molecule has 0 saturated heterocycles. The molecule has 182 valence electrons. The van der Waals surface area contributed by atoms with Crippen molar-refractivity contribution < 1.29 is 19.4 Å². The quantitative estimate of drug-likeness (QED) is 0.459. The molecule has 2 heterocycles. The molecule has 3 aromatic rings. The van der Waals surface area contributed by atoms with Gasteiger partial charge >= 0.3 is 12.0 Å². The molecule has 35 heavy (non-hydrogen) atoms. The molecule has 4 rings (SSSR count). The Labute approximate surface area is 208 Å². The van der Waals surface area contributed by atoms with Gasteiger partial charge in [-0.2, -0.15) is 9.97 Å². The molecule has 0 saturated carbocycles. The summed E-state index contributed by atoms with van der Waals surface area (Å²) in [6, 6.07) is 12.3. The highest BCUT2D eigenvalue weighted by molar-refractivity contribution is 6.36. The van der Waals surface area contributed by atoms with Gasteiger partial charge in [0.1, 0.15) is 5.82 Å². The molecule has 0 unspecified atom stereocenters. The number of anilines is 2. The van der Waals surface area contributed by atoms with Gasteiger partial charge in [-0.25, -0.2) is 4.79 Å². The van der Waals surface area contributed by atoms with E-state index in [2.05, 4.69) is 38.4 Å². The van der Waals surface area contributed by atoms with Crippen molar-refractivity contribution in [2.24, 2.45) is 0 Å². The number of methoxy groups -OCH3 is 1. The number of hydrogen-bond donors (Lipinski definition) is 2. The summed E-state index contributed by atoms with van der Waals surface area (Å²) in [7, 11) is 3.42. The van der Waals surface area contributed by atoms with Crippen molar-refractivity contribution in [3.63, 3.8) is 0 Å². The first-order valence-corrected chi connectivity index (χ1v) is 11.5. The molecule has 2 N–H and O–H groups in total. The van der Waals surface area contributed by atoms with Crippen molar-refractivity contribution >= 4 is 45.8 Å². The third-order valence-electron chi connectivity index (χ3n) is 5.86. The zero-order chi connectivity index (χ0) is 24.9. The minimum atomic E-state index is -1.17. The number of aliphatic carboxylic acids is 1. The summed E-state index contributed by atoms with van der Waals surface area (Å²) in [5.41, 5.74) is 2.97. The van der Waals surface area contributed by atoms with Crippen molar-refractivity contribution in [1.29, 1.82) is 0 Å². The number of carbonyl (C=O) groups excluding carboxylic acids is 1. The van der Waals surface area contributed by atoms with Gasteiger partial charge in [0.25, 0.3) is 0 Å². The zero-order valence-electron chi connectivity index (χ0n) is 19.5. The van der Waals surface area contributed by atoms with Crippen molar-refractivity contribution in [2.75, 3.05) is 43.6 Å². The third-order valence-corrected chi connectivity index (χ3v) is 6.18. The van der Waals surface area contributed by atoms with Gasteiger partial charge in [0.15, 0.2) is 0 Å². The molecular weight excluding hydrogens is 470 g/mol. The first kappa shape index (κ1) is 24.3. The number of aromatic nitrogens is 2. The van der Waals surface area contributed by atoms with Crippen molar-refractivity contribution in [2.45, 2.75) is 13.0 Å². The molecule has 1 amide bonds. The number of nitrogens with one attached hydrogen (secondary N) is 1. The Bertz CT molecular complexity index is 1290. The normalized spacial score (nSPS) is 13.1. The lowest BCUT2D eigenvalue weighted by Gasteiger charge is -2.33. The number of carbonyl (C=O) groups is 2. The predicted octanol–water partition coefficient (Wildman–Crippen LogP) is 3.05. The fourth-order valence-electron chi connectivity index (χ4n) is 4.20. The van der Waals surface area contributed by atoms with Gasteiger partial charge in [0.05, 0.1) is 24.4 Å². The number of hydrogen-bond acceptors (Lipinski definition) is 7. The summed E-state index contributed by atoms with van der Waals surface area (Å²) in [6.07, 6.45) is 2.53. The van der Waals surface area contributed by atoms with Crippen LogP contribution >= 0.6 is 11.6 Å². The molecule has 0 radical (unpaired) electrons. The van der Waals surface area contributed by atoms with Crippen molar-refractivity contribution in [3.8, 4) is 6.01 Å². The fraction of sp³-hybridized carbons (Fsp3) is 0.280. The second kappa shape index (κ2) is 10.6. The van der Waals surface area contributed by atoms with Crippen molar-refractivity contribution in [3.05, 3.63) is 64.8 Å². The summed E-state index contributed by atoms with van der Waals surface area (Å²) in [5, 5.41) is 14.1. The molecule has 0 bridgehead atoms. The smallest absolute Gasteiger partial charge is 0.328 e. The Morgan fingerprint density at radius 2 is 2.00 bits per heavy atom. The largest absolute Gasteiger partial charge is 0.478 e. The Morgan fingerprint density at radius 3 is 2.74 bits per heavy atom. The van der Waals surface area contributed by atoms with Gasteiger partial charge < -0.3 is 25.0 Å². The summed E-state index contributed by atoms with van der Waals surface area (Å²) < 4.78 is 5.38. The average molecular weight is 496 g/mol. The highest BCUT2D eigenvalue weighted by Crippen LogP contribution is 2.36. The number of fused-ring (bicyclic) bond motifs is 2. The van der Waals surface area contributed by atoms with Gasteiger partial charge in [-0.05, 0) is 23.9 Å². The second-order valence-electron chi connectivity index (χ2n) is 8.13. The summed E-state index contributed by atoms with van der Waals surface area (Å²) in [5.74, 6) is -0.887. The standard InChI is InChI=1S/C25H26ClN5O4/c1-30(14-12-27-21(32)9-10-22(33)34)24-17-11-13-31(15-19(17)28-25(29-24)35-2)20-8-4-6-16-5-3-7-18(26)23(16)20/h3-10H,11-15H2,1-2H3,(H,27,32)(H,33,34)/b10-9+. The molecule has 1 aliphatic rings. The first-order chi connectivity index (χ1) is 16.9. The van der Waals surface area contributed by atoms with Crippen LogP contribution < -0.4 is 19.9 Å². The predicted molar refractivity (Wildman–Crippen MR) is 135 cm³/mol. The van der Waals surface area contributed by atoms with E-state index in [1.54, 1.807) is 0 Å². The van der Waals surface area contributed by atoms with Crippen LogP contribution in [-0.4, -0.2) is 60.7 Å². The number of benzene rings is 2. The number of carboxylic acid groups (broad SMARTS) is 1. The topological polar surface area (TPSA) is 108 Å². The average Bonchev–Trinajstić information content (AvgIpc) is 2.86. The number of rotatable bonds is 8. The summed E-state index contributed by atoms with van der Waals surface area (Å²) in [4.78, 5) is 35.7. The summed E-state index contributed by atoms with van der Waals surface area (Å²) >= 11 is 6.56. The number of carboxylic acids is 1. The molecule has 0 fully saturated rings. The van der Waals surface area contributed by atoms with Crippen LogP contribution in [0.1, 0.15) is 11.3 Å². The minimum absolute atomic E-state index is 0.275. The highest BCUT2D eigenvalue weighted by atomic mass is 35.5. The number of nitrogens with zero attached hydrogens (tertiary/aromatic N) is 4. The van der Waals surface area contributed by atoms with E-state index in [1.807, 2.05) is 30.1 Å². The number of amides is 1. The van der Waals surface area contributed by atoms with E-state index in [1.165, 1.54) is 7.11 Å². The maximum atomic E-state index is 11.7. The molecule has 10 heteroatoms. The van der Waals surface area contributed by atoms with Crippen LogP contribution in [0.25, 0.3) is 10.8 Å². The lowest BCUT2D eigenvalue weighted by molar-refractivity contribution is -0.131. The zero-order valence-corrected chi connectivity index (χ0v) is 20.2. The maximum absolute atomic E-state index is 11.7. The Kier molecular flexibility index (Phi) is 7.36. The van der Waals surface area contributed by atoms with E-state index < -0.39 is 11.9 Å². The van der Waals surface area contributed by atoms with Gasteiger partial charge in [-0.3, -0.25) is 4.79 Å². The Morgan fingerprint density at radius 1 is 1.23 bits per heavy atom. The van der Waals surface area contributed by atoms with Crippen LogP contribution in [0.3, 0.4) is 0 Å². The fourth-order valence-corrected chi connectivity index (χ4v) is 4.48. The van der Waals surface area contributed by atoms with E-state index in [-0.39, 0.29) is 6.01 Å². The van der Waals surface area contributed by atoms with Crippen molar-refractivity contribution in [1.82, 2.24) is 15.3 Å². The van der Waals surface area contributed by atoms with Crippen LogP contribution in [0.2, 0.25) is 5.02 Å². The number of ether oxygens (including phenoxy) is 1. The van der Waals surface area contributed by atoms with Crippen LogP contribution in [0, 0.1) is 0 Å². The van der Waals surface area contributed by atoms with E-state index in [0.717, 1.165) is 58.7 Å². The molecule has 0 atom stereocenters. The molecule has 9 nitrogen and oxygen atoms in total. The highest BCUT2D eigenvalue weighted by Gasteiger charge is 2.25. The molecule has 0 aliphatic carbocycles. The van der Waals surface area contributed by atoms with E-state index >= 15 is 0 Å². The van der Waals surface area contributed by atoms with Crippen LogP contribution in [0.5, 0.6) is 6.01 Å². The molecular formula is C25H26ClN5O4. The van der Waals surface area contributed by atoms with E-state index in [0.29, 0.717) is 24.7 Å². The van der Waals surface area contributed by atoms with Gasteiger partial charge in [0.2, 0.25) is 5.91 Å². The number of likely N-dealkylation sites (N-methyl/N-ethyl adjacent to an activating group) is 1. The Balaban J connectivity index is 1.55. The minimum Gasteiger partial charge on any atom is -0.478 e. The van der Waals surface area contributed by atoms with Gasteiger partial charge in [-0.15, -0.1) is 0 Å². The summed E-state index contributed by atoms with van der Waals surface area (Å²) in [6.45, 7) is 2.14. The van der Waals surface area contributed by atoms with Crippen LogP contribution in [-0.2, 0) is 22.6 Å². The maximum Gasteiger partial charge on any atom is 0.328 e. The molecule has 1 aliphatic heterocycles. The van der Waals surface area contributed by atoms with E-state index in [4.69, 9.17) is 21.4 Å². The Hall–Kier alpha value is -3.85. The number of halogens is 1. The molecule has 2 aromatic carbocycles. The SMILES string of the molecule is COc1nc2c(c(N(C)CCNC(=O)/C=C/C(=O)O)n1)CCN(c1cccc3cccc(Cl)c13)C2. The van der Waals surface area contributed by atoms with Gasteiger partial charge in [0, 0.05) is 55.5 Å². The second-order valence-corrected chi connectivity index (χ2v) is 8.54. The molecule has 1 aromatic heterocycles. The van der Waals surface area contributed by atoms with Crippen LogP contribution in [0.15, 0.2) is 48.6 Å². The first-order valence-electron chi connectivity index (χ1n) is 11.1. The lowest BCUT2D eigenvalue weighted by atomic mass is 10.0. The van der Waals surface area contributed by atoms with E-state index in [9.17, 15) is 9.59 Å².